The van der Waals surface area contributed by atoms with E-state index in [0.717, 1.165) is 0 Å². The molecule has 0 saturated carbocycles. The monoisotopic (exact) mass is 230 g/mol. The van der Waals surface area contributed by atoms with Gasteiger partial charge in [-0.05, 0) is 0 Å². The second-order valence-corrected chi connectivity index (χ2v) is 3.85. The molecule has 0 radical (unpaired) electrons. The highest BCUT2D eigenvalue weighted by molar-refractivity contribution is 5.75. The van der Waals surface area contributed by atoms with E-state index in [-0.39, 0.29) is 12.3 Å². The van der Waals surface area contributed by atoms with Gasteiger partial charge in [0.2, 0.25) is 5.91 Å². The van der Waals surface area contributed by atoms with Crippen LogP contribution in [0.4, 0.5) is 0 Å². The molecule has 1 amide bonds. The van der Waals surface area contributed by atoms with Crippen molar-refractivity contribution in [1.82, 2.24) is 9.80 Å². The Morgan fingerprint density at radius 2 is 1.81 bits per heavy atom. The zero-order valence-electron chi connectivity index (χ0n) is 9.43. The fraction of sp³-hybridized carbons (Fsp3) is 0.800. The van der Waals surface area contributed by atoms with Crippen LogP contribution in [0.3, 0.4) is 0 Å². The quantitative estimate of drug-likeness (QED) is 0.669. The van der Waals surface area contributed by atoms with Crippen LogP contribution in [0.1, 0.15) is 19.8 Å². The van der Waals surface area contributed by atoms with Gasteiger partial charge in [0.05, 0.1) is 6.42 Å². The van der Waals surface area contributed by atoms with Gasteiger partial charge in [0, 0.05) is 32.6 Å². The van der Waals surface area contributed by atoms with Crippen LogP contribution >= 0.6 is 0 Å². The number of amides is 1. The minimum Gasteiger partial charge on any atom is -0.481 e. The first-order chi connectivity index (χ1) is 7.54. The highest BCUT2D eigenvalue weighted by Crippen LogP contribution is 2.08. The second kappa shape index (κ2) is 5.81. The molecule has 0 aromatic heterocycles. The molecule has 1 aliphatic rings. The number of carbonyl (C=O) groups excluding carboxylic acids is 1. The predicted molar refractivity (Wildman–Crippen MR) is 56.7 cm³/mol. The maximum atomic E-state index is 11.4. The molecule has 1 saturated heterocycles. The molecule has 1 aliphatic heterocycles. The second-order valence-electron chi connectivity index (χ2n) is 3.85. The molecule has 0 aromatic rings. The first-order valence-corrected chi connectivity index (χ1v) is 5.46. The lowest BCUT2D eigenvalue weighted by Gasteiger charge is -2.36. The van der Waals surface area contributed by atoms with E-state index in [1.165, 1.54) is 0 Å². The van der Waals surface area contributed by atoms with Crippen molar-refractivity contribution in [3.63, 3.8) is 0 Å². The Labute approximate surface area is 94.4 Å². The van der Waals surface area contributed by atoms with E-state index >= 15 is 0 Å². The maximum absolute atomic E-state index is 11.4. The molecule has 2 N–H and O–H groups in total. The zero-order valence-corrected chi connectivity index (χ0v) is 9.43. The molecule has 0 aliphatic carbocycles. The molecule has 1 atom stereocenters. The molecular formula is C10H18N2O4. The van der Waals surface area contributed by atoms with E-state index in [1.54, 1.807) is 9.80 Å². The van der Waals surface area contributed by atoms with E-state index in [1.807, 2.05) is 6.92 Å². The molecule has 0 aromatic carbocycles. The summed E-state index contributed by atoms with van der Waals surface area (Å²) in [4.78, 5) is 25.2. The molecular weight excluding hydrogens is 212 g/mol. The Kier molecular flexibility index (Phi) is 4.70. The highest BCUT2D eigenvalue weighted by atomic mass is 16.4. The summed E-state index contributed by atoms with van der Waals surface area (Å²) in [5, 5.41) is 18.1. The zero-order chi connectivity index (χ0) is 12.1. The molecule has 6 nitrogen and oxygen atoms in total. The third-order valence-electron chi connectivity index (χ3n) is 2.75. The topological polar surface area (TPSA) is 81.1 Å². The van der Waals surface area contributed by atoms with Gasteiger partial charge in [-0.3, -0.25) is 14.5 Å². The minimum absolute atomic E-state index is 0.104. The summed E-state index contributed by atoms with van der Waals surface area (Å²) in [5.41, 5.74) is 0. The Balaban J connectivity index is 2.36. The van der Waals surface area contributed by atoms with Crippen LogP contribution < -0.4 is 0 Å². The average Bonchev–Trinajstić information content (AvgIpc) is 2.27. The number of aliphatic hydroxyl groups excluding tert-OH is 1. The summed E-state index contributed by atoms with van der Waals surface area (Å²) in [6.07, 6.45) is -0.740. The molecule has 1 rings (SSSR count). The number of piperazine rings is 1. The molecule has 1 unspecified atom stereocenters. The van der Waals surface area contributed by atoms with Gasteiger partial charge in [-0.25, -0.2) is 0 Å². The lowest BCUT2D eigenvalue weighted by Crippen LogP contribution is -2.52. The van der Waals surface area contributed by atoms with Gasteiger partial charge < -0.3 is 15.1 Å². The Morgan fingerprint density at radius 1 is 1.25 bits per heavy atom. The van der Waals surface area contributed by atoms with E-state index < -0.39 is 12.2 Å². The summed E-state index contributed by atoms with van der Waals surface area (Å²) < 4.78 is 0. The van der Waals surface area contributed by atoms with Crippen LogP contribution in [0.15, 0.2) is 0 Å². The van der Waals surface area contributed by atoms with Crippen LogP contribution in [-0.2, 0) is 9.59 Å². The number of carboxylic acid groups (broad SMARTS) is 1. The van der Waals surface area contributed by atoms with Crippen molar-refractivity contribution in [3.8, 4) is 0 Å². The van der Waals surface area contributed by atoms with Crippen molar-refractivity contribution in [2.24, 2.45) is 0 Å². The Bertz CT molecular complexity index is 262. The first kappa shape index (κ1) is 12.9. The van der Waals surface area contributed by atoms with Crippen molar-refractivity contribution < 1.29 is 19.8 Å². The van der Waals surface area contributed by atoms with E-state index in [2.05, 4.69) is 0 Å². The Morgan fingerprint density at radius 3 is 2.25 bits per heavy atom. The summed E-state index contributed by atoms with van der Waals surface area (Å²) in [7, 11) is 0. The summed E-state index contributed by atoms with van der Waals surface area (Å²) in [6, 6.07) is 0. The summed E-state index contributed by atoms with van der Waals surface area (Å²) in [6.45, 7) is 3.99. The molecule has 0 spiro atoms. The third kappa shape index (κ3) is 3.46. The number of rotatable bonds is 4. The molecule has 6 heteroatoms. The summed E-state index contributed by atoms with van der Waals surface area (Å²) >= 11 is 0. The average molecular weight is 230 g/mol. The van der Waals surface area contributed by atoms with Crippen molar-refractivity contribution in [3.05, 3.63) is 0 Å². The van der Waals surface area contributed by atoms with E-state index in [4.69, 9.17) is 5.11 Å². The third-order valence-corrected chi connectivity index (χ3v) is 2.75. The van der Waals surface area contributed by atoms with Crippen molar-refractivity contribution >= 4 is 11.9 Å². The fourth-order valence-electron chi connectivity index (χ4n) is 1.78. The number of aliphatic carboxylic acids is 1. The number of nitrogens with zero attached hydrogens (tertiary/aromatic N) is 2. The van der Waals surface area contributed by atoms with Gasteiger partial charge in [-0.2, -0.15) is 0 Å². The van der Waals surface area contributed by atoms with Gasteiger partial charge in [-0.1, -0.05) is 6.92 Å². The number of hydrogen-bond donors (Lipinski definition) is 2. The van der Waals surface area contributed by atoms with Crippen LogP contribution in [-0.4, -0.2) is 64.3 Å². The van der Waals surface area contributed by atoms with Crippen molar-refractivity contribution in [1.29, 1.82) is 0 Å². The molecule has 1 heterocycles. The molecule has 92 valence electrons. The first-order valence-electron chi connectivity index (χ1n) is 5.46. The number of aliphatic hydroxyl groups is 1. The van der Waals surface area contributed by atoms with E-state index in [9.17, 15) is 14.7 Å². The van der Waals surface area contributed by atoms with Gasteiger partial charge in [0.25, 0.3) is 0 Å². The number of carboxylic acids is 1. The lowest BCUT2D eigenvalue weighted by molar-refractivity contribution is -0.145. The lowest BCUT2D eigenvalue weighted by atomic mass is 10.2. The van der Waals surface area contributed by atoms with Gasteiger partial charge in [0.15, 0.2) is 0 Å². The van der Waals surface area contributed by atoms with Gasteiger partial charge in [0.1, 0.15) is 6.23 Å². The molecule has 16 heavy (non-hydrogen) atoms. The normalized spacial score (nSPS) is 19.5. The van der Waals surface area contributed by atoms with Crippen LogP contribution in [0.2, 0.25) is 0 Å². The SMILES string of the molecule is CCC(=O)N1CCN(C(O)CC(=O)O)CC1. The smallest absolute Gasteiger partial charge is 0.307 e. The summed E-state index contributed by atoms with van der Waals surface area (Å²) in [5.74, 6) is -0.910. The minimum atomic E-state index is -1.01. The van der Waals surface area contributed by atoms with Gasteiger partial charge >= 0.3 is 5.97 Å². The van der Waals surface area contributed by atoms with E-state index in [0.29, 0.717) is 32.6 Å². The standard InChI is InChI=1S/C10H18N2O4/c1-2-8(13)11-3-5-12(6-4-11)9(14)7-10(15)16/h9,14H,2-7H2,1H3,(H,15,16). The van der Waals surface area contributed by atoms with Gasteiger partial charge in [-0.15, -0.1) is 0 Å². The fourth-order valence-corrected chi connectivity index (χ4v) is 1.78. The largest absolute Gasteiger partial charge is 0.481 e. The van der Waals surface area contributed by atoms with Crippen LogP contribution in [0.5, 0.6) is 0 Å². The van der Waals surface area contributed by atoms with Crippen LogP contribution in [0.25, 0.3) is 0 Å². The Hall–Kier alpha value is -1.14. The van der Waals surface area contributed by atoms with Crippen molar-refractivity contribution in [2.45, 2.75) is 26.0 Å². The number of hydrogen-bond acceptors (Lipinski definition) is 4. The maximum Gasteiger partial charge on any atom is 0.307 e. The highest BCUT2D eigenvalue weighted by Gasteiger charge is 2.25. The predicted octanol–water partition coefficient (Wildman–Crippen LogP) is -0.666. The van der Waals surface area contributed by atoms with Crippen LogP contribution in [0, 0.1) is 0 Å². The number of carbonyl (C=O) groups is 2. The van der Waals surface area contributed by atoms with Crippen molar-refractivity contribution in [2.75, 3.05) is 26.2 Å². The molecule has 1 fully saturated rings. The molecule has 0 bridgehead atoms.